The minimum absolute atomic E-state index is 0.615. The van der Waals surface area contributed by atoms with Crippen molar-refractivity contribution in [3.63, 3.8) is 0 Å². The van der Waals surface area contributed by atoms with Crippen LogP contribution < -0.4 is 0 Å². The number of nitrogens with zero attached hydrogens (tertiary/aromatic N) is 4. The van der Waals surface area contributed by atoms with Gasteiger partial charge in [0.15, 0.2) is 0 Å². The van der Waals surface area contributed by atoms with Gasteiger partial charge in [0.1, 0.15) is 6.33 Å². The summed E-state index contributed by atoms with van der Waals surface area (Å²) in [6, 6.07) is 3.89. The molecule has 14 heavy (non-hydrogen) atoms. The van der Waals surface area contributed by atoms with E-state index >= 15 is 0 Å². The molecule has 0 aromatic carbocycles. The van der Waals surface area contributed by atoms with Gasteiger partial charge in [-0.25, -0.2) is 4.98 Å². The largest absolute Gasteiger partial charge is 0.367 e. The quantitative estimate of drug-likeness (QED) is 0.618. The summed E-state index contributed by atoms with van der Waals surface area (Å²) in [5.74, 6) is 0.615. The normalized spacial score (nSPS) is 10.9. The smallest absolute Gasteiger partial charge is 0.252 e. The Labute approximate surface area is 79.4 Å². The molecule has 0 radical (unpaired) electrons. The molecule has 3 heterocycles. The molecule has 0 bridgehead atoms. The van der Waals surface area contributed by atoms with Crippen molar-refractivity contribution in [3.05, 3.63) is 37.1 Å². The van der Waals surface area contributed by atoms with Gasteiger partial charge in [-0.1, -0.05) is 0 Å². The van der Waals surface area contributed by atoms with Crippen LogP contribution in [0.2, 0.25) is 0 Å². The van der Waals surface area contributed by atoms with Crippen molar-refractivity contribution in [1.82, 2.24) is 24.6 Å². The Bertz CT molecular complexity index is 551. The van der Waals surface area contributed by atoms with E-state index in [0.29, 0.717) is 5.78 Å². The van der Waals surface area contributed by atoms with E-state index in [1.807, 2.05) is 24.5 Å². The van der Waals surface area contributed by atoms with E-state index in [9.17, 15) is 0 Å². The standard InChI is InChI=1S/C9H7N5/c1-3-10-5-7(1)8-2-4-11-9-12-6-13-14(8)9/h1-6,10H. The van der Waals surface area contributed by atoms with Crippen LogP contribution in [-0.4, -0.2) is 24.6 Å². The van der Waals surface area contributed by atoms with Crippen LogP contribution in [0.5, 0.6) is 0 Å². The Morgan fingerprint density at radius 3 is 3.07 bits per heavy atom. The van der Waals surface area contributed by atoms with Crippen molar-refractivity contribution in [2.24, 2.45) is 0 Å². The zero-order chi connectivity index (χ0) is 9.38. The molecule has 3 aromatic rings. The highest BCUT2D eigenvalue weighted by Gasteiger charge is 2.04. The molecule has 0 aliphatic carbocycles. The van der Waals surface area contributed by atoms with Gasteiger partial charge in [0.25, 0.3) is 5.78 Å². The number of H-pyrrole nitrogens is 1. The summed E-state index contributed by atoms with van der Waals surface area (Å²) >= 11 is 0. The van der Waals surface area contributed by atoms with Gasteiger partial charge in [-0.3, -0.25) is 0 Å². The number of hydrogen-bond donors (Lipinski definition) is 1. The maximum atomic E-state index is 4.10. The van der Waals surface area contributed by atoms with Crippen LogP contribution in [0.25, 0.3) is 17.0 Å². The molecule has 0 aliphatic heterocycles. The molecule has 5 heteroatoms. The van der Waals surface area contributed by atoms with E-state index in [1.165, 1.54) is 6.33 Å². The second-order valence-corrected chi connectivity index (χ2v) is 2.90. The van der Waals surface area contributed by atoms with Gasteiger partial charge in [-0.2, -0.15) is 14.6 Å². The molecule has 0 saturated carbocycles. The first-order chi connectivity index (χ1) is 6.95. The minimum Gasteiger partial charge on any atom is -0.367 e. The average Bonchev–Trinajstić information content (AvgIpc) is 2.88. The predicted octanol–water partition coefficient (Wildman–Crippen LogP) is 1.12. The summed E-state index contributed by atoms with van der Waals surface area (Å²) in [6.45, 7) is 0. The number of fused-ring (bicyclic) bond motifs is 1. The molecule has 3 aromatic heterocycles. The predicted molar refractivity (Wildman–Crippen MR) is 50.6 cm³/mol. The third kappa shape index (κ3) is 0.922. The average molecular weight is 185 g/mol. The van der Waals surface area contributed by atoms with Gasteiger partial charge >= 0.3 is 0 Å². The molecule has 68 valence electrons. The fraction of sp³-hybridized carbons (Fsp3) is 0. The molecule has 0 amide bonds. The lowest BCUT2D eigenvalue weighted by Gasteiger charge is -1.99. The van der Waals surface area contributed by atoms with Crippen molar-refractivity contribution < 1.29 is 0 Å². The van der Waals surface area contributed by atoms with Gasteiger partial charge < -0.3 is 4.98 Å². The fourth-order valence-electron chi connectivity index (χ4n) is 1.44. The van der Waals surface area contributed by atoms with E-state index in [1.54, 1.807) is 10.7 Å². The maximum Gasteiger partial charge on any atom is 0.252 e. The van der Waals surface area contributed by atoms with Gasteiger partial charge in [0.05, 0.1) is 5.69 Å². The van der Waals surface area contributed by atoms with Crippen LogP contribution in [0.3, 0.4) is 0 Å². The lowest BCUT2D eigenvalue weighted by molar-refractivity contribution is 0.948. The van der Waals surface area contributed by atoms with E-state index in [0.717, 1.165) is 11.3 Å². The third-order valence-corrected chi connectivity index (χ3v) is 2.07. The van der Waals surface area contributed by atoms with Crippen LogP contribution in [0.1, 0.15) is 0 Å². The van der Waals surface area contributed by atoms with Crippen LogP contribution in [-0.2, 0) is 0 Å². The molecule has 5 nitrogen and oxygen atoms in total. The first kappa shape index (κ1) is 7.25. The molecule has 0 saturated heterocycles. The van der Waals surface area contributed by atoms with Crippen molar-refractivity contribution >= 4 is 5.78 Å². The van der Waals surface area contributed by atoms with E-state index in [2.05, 4.69) is 20.1 Å². The molecule has 3 rings (SSSR count). The van der Waals surface area contributed by atoms with E-state index < -0.39 is 0 Å². The second-order valence-electron chi connectivity index (χ2n) is 2.90. The number of aromatic nitrogens is 5. The summed E-state index contributed by atoms with van der Waals surface area (Å²) < 4.78 is 1.71. The minimum atomic E-state index is 0.615. The number of nitrogens with one attached hydrogen (secondary N) is 1. The van der Waals surface area contributed by atoms with Gasteiger partial charge in [0, 0.05) is 24.2 Å². The topological polar surface area (TPSA) is 58.9 Å². The Hall–Kier alpha value is -2.17. The summed E-state index contributed by atoms with van der Waals surface area (Å²) in [5.41, 5.74) is 2.05. The molecular formula is C9H7N5. The zero-order valence-corrected chi connectivity index (χ0v) is 7.25. The maximum absolute atomic E-state index is 4.10. The number of aromatic amines is 1. The van der Waals surface area contributed by atoms with Crippen molar-refractivity contribution in [2.45, 2.75) is 0 Å². The molecule has 0 spiro atoms. The van der Waals surface area contributed by atoms with Crippen LogP contribution >= 0.6 is 0 Å². The van der Waals surface area contributed by atoms with E-state index in [-0.39, 0.29) is 0 Å². The van der Waals surface area contributed by atoms with Crippen molar-refractivity contribution in [3.8, 4) is 11.3 Å². The highest BCUT2D eigenvalue weighted by atomic mass is 15.3. The SMILES string of the molecule is c1cc(-c2cc[nH]c2)n2ncnc2n1. The van der Waals surface area contributed by atoms with Crippen LogP contribution in [0.4, 0.5) is 0 Å². The lowest BCUT2D eigenvalue weighted by Crippen LogP contribution is -1.94. The Kier molecular flexibility index (Phi) is 1.38. The molecule has 0 aliphatic rings. The Morgan fingerprint density at radius 1 is 1.21 bits per heavy atom. The Balaban J connectivity index is 2.36. The zero-order valence-electron chi connectivity index (χ0n) is 7.25. The van der Waals surface area contributed by atoms with Gasteiger partial charge in [-0.05, 0) is 12.1 Å². The summed E-state index contributed by atoms with van der Waals surface area (Å²) in [5, 5.41) is 4.10. The molecule has 0 unspecified atom stereocenters. The van der Waals surface area contributed by atoms with Gasteiger partial charge in [0.2, 0.25) is 0 Å². The summed E-state index contributed by atoms with van der Waals surface area (Å²) in [4.78, 5) is 11.1. The highest BCUT2D eigenvalue weighted by Crippen LogP contribution is 2.16. The van der Waals surface area contributed by atoms with Crippen molar-refractivity contribution in [1.29, 1.82) is 0 Å². The number of hydrogen-bond acceptors (Lipinski definition) is 3. The first-order valence-electron chi connectivity index (χ1n) is 4.23. The second kappa shape index (κ2) is 2.66. The lowest BCUT2D eigenvalue weighted by atomic mass is 10.2. The fourth-order valence-corrected chi connectivity index (χ4v) is 1.44. The summed E-state index contributed by atoms with van der Waals surface area (Å²) in [7, 11) is 0. The third-order valence-electron chi connectivity index (χ3n) is 2.07. The van der Waals surface area contributed by atoms with Crippen LogP contribution in [0, 0.1) is 0 Å². The monoisotopic (exact) mass is 185 g/mol. The molecule has 0 fully saturated rings. The van der Waals surface area contributed by atoms with Crippen LogP contribution in [0.15, 0.2) is 37.1 Å². The molecule has 0 atom stereocenters. The number of rotatable bonds is 1. The summed E-state index contributed by atoms with van der Waals surface area (Å²) in [6.07, 6.45) is 7.01. The molecular weight excluding hydrogens is 178 g/mol. The highest BCUT2D eigenvalue weighted by molar-refractivity contribution is 5.60. The van der Waals surface area contributed by atoms with E-state index in [4.69, 9.17) is 0 Å². The first-order valence-corrected chi connectivity index (χ1v) is 4.23. The Morgan fingerprint density at radius 2 is 2.21 bits per heavy atom. The van der Waals surface area contributed by atoms with Gasteiger partial charge in [-0.15, -0.1) is 0 Å². The molecule has 1 N–H and O–H groups in total. The van der Waals surface area contributed by atoms with Crippen molar-refractivity contribution in [2.75, 3.05) is 0 Å².